The summed E-state index contributed by atoms with van der Waals surface area (Å²) < 4.78 is 47.8. The average molecular weight is 548 g/mol. The van der Waals surface area contributed by atoms with Crippen LogP contribution in [0.4, 0.5) is 0 Å². The summed E-state index contributed by atoms with van der Waals surface area (Å²) in [6.45, 7) is 5.90. The molecule has 202 valence electrons. The minimum Gasteiger partial charge on any atom is -0.495 e. The Labute approximate surface area is 226 Å². The van der Waals surface area contributed by atoms with Crippen LogP contribution in [0.15, 0.2) is 53.6 Å². The fourth-order valence-electron chi connectivity index (χ4n) is 5.73. The maximum Gasteiger partial charge on any atom is 0.187 e. The van der Waals surface area contributed by atoms with E-state index < -0.39 is 9.84 Å². The Balaban J connectivity index is 1.39. The van der Waals surface area contributed by atoms with E-state index in [4.69, 9.17) is 19.3 Å². The normalized spacial score (nSPS) is 18.3. The van der Waals surface area contributed by atoms with Crippen molar-refractivity contribution in [2.45, 2.75) is 30.3 Å². The van der Waals surface area contributed by atoms with Gasteiger partial charge in [-0.05, 0) is 23.8 Å². The largest absolute Gasteiger partial charge is 0.495 e. The third-order valence-corrected chi connectivity index (χ3v) is 9.34. The number of morpholine rings is 1. The SMILES string of the molecule is COc1cccc2c1S(=O)(=O)Cc1c(-c3ncc4n3CCOC4)nn(-c3ccc(CN4CCOCC4)cc3)c1-2. The van der Waals surface area contributed by atoms with Gasteiger partial charge in [-0.2, -0.15) is 5.10 Å². The van der Waals surface area contributed by atoms with Gasteiger partial charge in [0, 0.05) is 37.3 Å². The summed E-state index contributed by atoms with van der Waals surface area (Å²) in [6.07, 6.45) is 1.79. The fraction of sp³-hybridized carbons (Fsp3) is 0.357. The topological polar surface area (TPSA) is 101 Å². The number of fused-ring (bicyclic) bond motifs is 4. The lowest BCUT2D eigenvalue weighted by Crippen LogP contribution is -2.35. The van der Waals surface area contributed by atoms with Crippen molar-refractivity contribution >= 4 is 9.84 Å². The van der Waals surface area contributed by atoms with Crippen LogP contribution in [0.2, 0.25) is 0 Å². The van der Waals surface area contributed by atoms with E-state index in [9.17, 15) is 8.42 Å². The number of nitrogens with zero attached hydrogens (tertiary/aromatic N) is 5. The Morgan fingerprint density at radius 2 is 1.79 bits per heavy atom. The van der Waals surface area contributed by atoms with Gasteiger partial charge < -0.3 is 18.8 Å². The number of imidazole rings is 1. The van der Waals surface area contributed by atoms with E-state index in [1.165, 1.54) is 12.7 Å². The molecule has 0 radical (unpaired) electrons. The van der Waals surface area contributed by atoms with Crippen LogP contribution in [0.25, 0.3) is 28.5 Å². The molecule has 0 spiro atoms. The van der Waals surface area contributed by atoms with Crippen molar-refractivity contribution < 1.29 is 22.6 Å². The lowest BCUT2D eigenvalue weighted by atomic mass is 10.0. The predicted octanol–water partition coefficient (Wildman–Crippen LogP) is 3.06. The highest BCUT2D eigenvalue weighted by molar-refractivity contribution is 7.91. The summed E-state index contributed by atoms with van der Waals surface area (Å²) >= 11 is 0. The minimum atomic E-state index is -3.68. The van der Waals surface area contributed by atoms with Crippen molar-refractivity contribution in [3.05, 3.63) is 65.5 Å². The fourth-order valence-corrected chi connectivity index (χ4v) is 7.49. The van der Waals surface area contributed by atoms with Gasteiger partial charge in [-0.15, -0.1) is 0 Å². The maximum absolute atomic E-state index is 13.6. The van der Waals surface area contributed by atoms with Crippen LogP contribution in [0.3, 0.4) is 0 Å². The second kappa shape index (κ2) is 9.60. The third-order valence-electron chi connectivity index (χ3n) is 7.63. The molecule has 0 amide bonds. The van der Waals surface area contributed by atoms with E-state index in [0.29, 0.717) is 48.2 Å². The van der Waals surface area contributed by atoms with Gasteiger partial charge in [0.05, 0.1) is 62.6 Å². The first kappa shape index (κ1) is 24.5. The third kappa shape index (κ3) is 4.17. The number of sulfone groups is 1. The molecule has 1 saturated heterocycles. The number of hydrogen-bond donors (Lipinski definition) is 0. The van der Waals surface area contributed by atoms with E-state index in [1.54, 1.807) is 12.3 Å². The highest BCUT2D eigenvalue weighted by Crippen LogP contribution is 2.46. The zero-order valence-electron chi connectivity index (χ0n) is 21.7. The van der Waals surface area contributed by atoms with Crippen molar-refractivity contribution in [1.29, 1.82) is 0 Å². The zero-order chi connectivity index (χ0) is 26.6. The Kier molecular flexibility index (Phi) is 6.03. The molecular weight excluding hydrogens is 518 g/mol. The van der Waals surface area contributed by atoms with Crippen LogP contribution in [0.1, 0.15) is 16.8 Å². The van der Waals surface area contributed by atoms with Gasteiger partial charge in [-0.1, -0.05) is 24.3 Å². The molecular formula is C28H29N5O5S. The zero-order valence-corrected chi connectivity index (χ0v) is 22.5. The van der Waals surface area contributed by atoms with Crippen LogP contribution in [0.5, 0.6) is 5.75 Å². The molecule has 0 unspecified atom stereocenters. The molecule has 0 aliphatic carbocycles. The van der Waals surface area contributed by atoms with Crippen LogP contribution in [-0.2, 0) is 44.8 Å². The summed E-state index contributed by atoms with van der Waals surface area (Å²) in [5.41, 5.74) is 5.56. The summed E-state index contributed by atoms with van der Waals surface area (Å²) in [4.78, 5) is 7.26. The Morgan fingerprint density at radius 3 is 2.59 bits per heavy atom. The molecule has 2 aromatic heterocycles. The molecule has 11 heteroatoms. The summed E-state index contributed by atoms with van der Waals surface area (Å²) in [7, 11) is -2.19. The van der Waals surface area contributed by atoms with Crippen LogP contribution in [0, 0.1) is 0 Å². The van der Waals surface area contributed by atoms with Crippen molar-refractivity contribution in [1.82, 2.24) is 24.2 Å². The van der Waals surface area contributed by atoms with E-state index >= 15 is 0 Å². The number of hydrogen-bond acceptors (Lipinski definition) is 8. The van der Waals surface area contributed by atoms with E-state index in [0.717, 1.165) is 49.9 Å². The van der Waals surface area contributed by atoms with Gasteiger partial charge >= 0.3 is 0 Å². The number of benzene rings is 2. The molecule has 3 aliphatic heterocycles. The van der Waals surface area contributed by atoms with Gasteiger partial charge in [0.1, 0.15) is 16.3 Å². The number of ether oxygens (including phenoxy) is 3. The molecule has 0 bridgehead atoms. The maximum atomic E-state index is 13.6. The number of aromatic nitrogens is 4. The van der Waals surface area contributed by atoms with E-state index in [1.807, 2.05) is 28.9 Å². The van der Waals surface area contributed by atoms with Gasteiger partial charge in [0.2, 0.25) is 0 Å². The summed E-state index contributed by atoms with van der Waals surface area (Å²) in [6, 6.07) is 13.7. The summed E-state index contributed by atoms with van der Waals surface area (Å²) in [5, 5.41) is 5.04. The molecule has 0 N–H and O–H groups in total. The van der Waals surface area contributed by atoms with E-state index in [-0.39, 0.29) is 10.6 Å². The van der Waals surface area contributed by atoms with Gasteiger partial charge in [0.15, 0.2) is 15.7 Å². The minimum absolute atomic E-state index is 0.182. The lowest BCUT2D eigenvalue weighted by Gasteiger charge is -2.26. The molecule has 0 atom stereocenters. The molecule has 10 nitrogen and oxygen atoms in total. The Hall–Kier alpha value is -3.51. The second-order valence-corrected chi connectivity index (χ2v) is 11.9. The predicted molar refractivity (Wildman–Crippen MR) is 143 cm³/mol. The number of rotatable bonds is 5. The van der Waals surface area contributed by atoms with Crippen molar-refractivity contribution in [2.24, 2.45) is 0 Å². The van der Waals surface area contributed by atoms with Crippen molar-refractivity contribution in [3.63, 3.8) is 0 Å². The standard InChI is InChI=1S/C28H29N5O5S/c1-36-24-4-2-3-22-26-23(18-39(34,35)27(22)24)25(28-29-15-21-17-38-14-11-32(21)28)30-33(26)20-7-5-19(6-8-20)16-31-9-12-37-13-10-31/h2-8,15H,9-14,16-18H2,1H3. The van der Waals surface area contributed by atoms with Gasteiger partial charge in [-0.3, -0.25) is 4.90 Å². The first-order valence-electron chi connectivity index (χ1n) is 13.1. The lowest BCUT2D eigenvalue weighted by molar-refractivity contribution is 0.0342. The van der Waals surface area contributed by atoms with Crippen molar-refractivity contribution in [3.8, 4) is 34.2 Å². The molecule has 5 heterocycles. The van der Waals surface area contributed by atoms with Gasteiger partial charge in [-0.25, -0.2) is 18.1 Å². The van der Waals surface area contributed by atoms with E-state index in [2.05, 4.69) is 26.6 Å². The van der Waals surface area contributed by atoms with Crippen LogP contribution >= 0.6 is 0 Å². The Morgan fingerprint density at radius 1 is 1.00 bits per heavy atom. The smallest absolute Gasteiger partial charge is 0.187 e. The van der Waals surface area contributed by atoms with Crippen LogP contribution in [-0.4, -0.2) is 72.7 Å². The Bertz CT molecular complexity index is 1650. The molecule has 39 heavy (non-hydrogen) atoms. The summed E-state index contributed by atoms with van der Waals surface area (Å²) in [5.74, 6) is 0.816. The molecule has 3 aliphatic rings. The second-order valence-electron chi connectivity index (χ2n) is 10.0. The highest BCUT2D eigenvalue weighted by Gasteiger charge is 2.38. The highest BCUT2D eigenvalue weighted by atomic mass is 32.2. The molecule has 0 saturated carbocycles. The number of methoxy groups -OCH3 is 1. The van der Waals surface area contributed by atoms with Crippen molar-refractivity contribution in [2.75, 3.05) is 40.0 Å². The molecule has 1 fully saturated rings. The molecule has 4 aromatic rings. The van der Waals surface area contributed by atoms with Gasteiger partial charge in [0.25, 0.3) is 0 Å². The molecule has 7 rings (SSSR count). The van der Waals surface area contributed by atoms with Crippen LogP contribution < -0.4 is 4.74 Å². The first-order chi connectivity index (χ1) is 19.0. The monoisotopic (exact) mass is 547 g/mol. The average Bonchev–Trinajstić information content (AvgIpc) is 3.55. The molecule has 2 aromatic carbocycles. The first-order valence-corrected chi connectivity index (χ1v) is 14.7. The quantitative estimate of drug-likeness (QED) is 0.376.